The normalized spacial score (nSPS) is 22.6. The van der Waals surface area contributed by atoms with Crippen LogP contribution < -0.4 is 23.5 Å². The van der Waals surface area contributed by atoms with E-state index in [2.05, 4.69) is 127 Å². The minimum absolute atomic E-state index is 0.154. The Morgan fingerprint density at radius 3 is 1.92 bits per heavy atom. The second-order valence-corrected chi connectivity index (χ2v) is 15.7. The highest BCUT2D eigenvalue weighted by Gasteiger charge is 2.50. The quantitative estimate of drug-likeness (QED) is 0.301. The topological polar surface area (TPSA) is 98.5 Å². The summed E-state index contributed by atoms with van der Waals surface area (Å²) in [4.78, 5) is 2.50. The molecule has 8 rings (SSSR count). The molecule has 5 aliphatic rings. The highest BCUT2D eigenvalue weighted by atomic mass is 35.7. The van der Waals surface area contributed by atoms with E-state index >= 15 is 0 Å². The second-order valence-electron chi connectivity index (χ2n) is 14.9. The van der Waals surface area contributed by atoms with E-state index < -0.39 is 10.2 Å². The maximum atomic E-state index is 8.49. The van der Waals surface area contributed by atoms with Crippen LogP contribution in [0.5, 0.6) is 0 Å². The Morgan fingerprint density at radius 1 is 0.647 bits per heavy atom. The third-order valence-electron chi connectivity index (χ3n) is 12.2. The fourth-order valence-corrected chi connectivity index (χ4v) is 10.0. The van der Waals surface area contributed by atoms with Gasteiger partial charge in [-0.25, -0.2) is 18.6 Å². The van der Waals surface area contributed by atoms with E-state index in [1.807, 2.05) is 0 Å². The highest BCUT2D eigenvalue weighted by molar-refractivity contribution is 6.04. The lowest BCUT2D eigenvalue weighted by Gasteiger charge is -2.36. The van der Waals surface area contributed by atoms with Crippen molar-refractivity contribution < 1.29 is 33.5 Å². The van der Waals surface area contributed by atoms with E-state index in [9.17, 15) is 0 Å². The molecule has 2 spiro atoms. The molecule has 0 radical (unpaired) electrons. The number of fused-ring (bicyclic) bond motifs is 4. The number of hydrogen-bond donors (Lipinski definition) is 0. The van der Waals surface area contributed by atoms with Crippen molar-refractivity contribution in [1.82, 2.24) is 0 Å². The van der Waals surface area contributed by atoms with Crippen LogP contribution in [0.2, 0.25) is 0 Å². The lowest BCUT2D eigenvalue weighted by atomic mass is 9.67. The average molecular weight is 705 g/mol. The lowest BCUT2D eigenvalue weighted by Crippen LogP contribution is -2.68. The molecule has 0 saturated heterocycles. The summed E-state index contributed by atoms with van der Waals surface area (Å²) in [6.07, 6.45) is 26.5. The maximum Gasteiger partial charge on any atom is 0.209 e. The molecule has 2 fully saturated rings. The Balaban J connectivity index is 0.000000761. The van der Waals surface area contributed by atoms with E-state index in [0.29, 0.717) is 0 Å². The van der Waals surface area contributed by atoms with E-state index in [0.717, 1.165) is 12.8 Å². The molecular formula is C44H49ClN2O4. The Morgan fingerprint density at radius 2 is 1.24 bits per heavy atom. The van der Waals surface area contributed by atoms with E-state index in [1.165, 1.54) is 116 Å². The molecule has 3 aliphatic carbocycles. The smallest absolute Gasteiger partial charge is 0.209 e. The largest absolute Gasteiger partial charge is 0.347 e. The first-order valence-electron chi connectivity index (χ1n) is 18.7. The van der Waals surface area contributed by atoms with Gasteiger partial charge in [0.2, 0.25) is 5.69 Å². The molecule has 6 nitrogen and oxygen atoms in total. The number of rotatable bonds is 4. The third-order valence-corrected chi connectivity index (χ3v) is 12.2. The number of anilines is 1. The summed E-state index contributed by atoms with van der Waals surface area (Å²) < 4.78 is 36.5. The van der Waals surface area contributed by atoms with Crippen molar-refractivity contribution in [2.24, 2.45) is 0 Å². The third kappa shape index (κ3) is 6.93. The van der Waals surface area contributed by atoms with Crippen LogP contribution in [-0.2, 0) is 10.8 Å². The number of halogens is 1. The van der Waals surface area contributed by atoms with Crippen LogP contribution in [0, 0.1) is 10.2 Å². The van der Waals surface area contributed by atoms with Gasteiger partial charge in [-0.3, -0.25) is 0 Å². The number of nitrogens with zero attached hydrogens (tertiary/aromatic N) is 2. The molecule has 0 unspecified atom stereocenters. The number of likely N-dealkylation sites (N-methyl/N-ethyl adjacent to an activating group) is 1. The van der Waals surface area contributed by atoms with Gasteiger partial charge in [-0.2, -0.15) is 4.58 Å². The molecule has 266 valence electrons. The van der Waals surface area contributed by atoms with Crippen LogP contribution in [0.25, 0.3) is 5.57 Å². The molecule has 3 aromatic rings. The molecule has 3 aromatic carbocycles. The van der Waals surface area contributed by atoms with E-state index in [-0.39, 0.29) is 10.8 Å². The van der Waals surface area contributed by atoms with Crippen molar-refractivity contribution in [3.8, 4) is 0 Å². The van der Waals surface area contributed by atoms with Gasteiger partial charge in [-0.1, -0.05) is 117 Å². The molecule has 2 aliphatic heterocycles. The zero-order valence-electron chi connectivity index (χ0n) is 29.9. The van der Waals surface area contributed by atoms with Crippen LogP contribution in [0.3, 0.4) is 0 Å². The first-order chi connectivity index (χ1) is 24.6. The van der Waals surface area contributed by atoms with Gasteiger partial charge >= 0.3 is 0 Å². The highest BCUT2D eigenvalue weighted by Crippen LogP contribution is 2.55. The molecule has 0 N–H and O–H groups in total. The number of para-hydroxylation sites is 2. The lowest BCUT2D eigenvalue weighted by molar-refractivity contribution is -2.00. The molecule has 0 amide bonds. The maximum absolute atomic E-state index is 8.49. The second kappa shape index (κ2) is 14.7. The Kier molecular flexibility index (Phi) is 10.3. The Hall–Kier alpha value is -3.78. The first kappa shape index (κ1) is 35.6. The summed E-state index contributed by atoms with van der Waals surface area (Å²) in [5, 5.41) is 0. The zero-order valence-corrected chi connectivity index (χ0v) is 30.7. The van der Waals surface area contributed by atoms with Gasteiger partial charge in [0.15, 0.2) is 5.71 Å². The number of allylic oxidation sites excluding steroid dienone is 8. The van der Waals surface area contributed by atoms with Crippen molar-refractivity contribution in [2.75, 3.05) is 19.0 Å². The summed E-state index contributed by atoms with van der Waals surface area (Å²) in [5.41, 5.74) is 15.0. The zero-order chi connectivity index (χ0) is 35.6. The first-order valence-corrected chi connectivity index (χ1v) is 19.9. The van der Waals surface area contributed by atoms with Gasteiger partial charge in [0.1, 0.15) is 7.05 Å². The molecule has 51 heavy (non-hydrogen) atoms. The molecule has 2 saturated carbocycles. The van der Waals surface area contributed by atoms with Gasteiger partial charge in [-0.15, -0.1) is 10.2 Å². The fraction of sp³-hybridized carbons (Fsp3) is 0.386. The van der Waals surface area contributed by atoms with Gasteiger partial charge in [0.25, 0.3) is 0 Å². The number of benzene rings is 3. The number of hydrogen-bond acceptors (Lipinski definition) is 5. The van der Waals surface area contributed by atoms with Crippen LogP contribution in [0.15, 0.2) is 120 Å². The van der Waals surface area contributed by atoms with Gasteiger partial charge in [-0.05, 0) is 84.9 Å². The minimum Gasteiger partial charge on any atom is -0.347 e. The van der Waals surface area contributed by atoms with Gasteiger partial charge in [0, 0.05) is 41.6 Å². The van der Waals surface area contributed by atoms with Crippen LogP contribution in [0.1, 0.15) is 100 Å². The minimum atomic E-state index is -4.94. The van der Waals surface area contributed by atoms with Crippen molar-refractivity contribution in [1.29, 1.82) is 0 Å². The average Bonchev–Trinajstić information content (AvgIpc) is 3.50. The molecular weight excluding hydrogens is 656 g/mol. The van der Waals surface area contributed by atoms with Gasteiger partial charge in [0.05, 0.1) is 5.41 Å². The Labute approximate surface area is 305 Å². The van der Waals surface area contributed by atoms with Crippen LogP contribution >= 0.6 is 0 Å². The van der Waals surface area contributed by atoms with E-state index in [4.69, 9.17) is 18.6 Å². The fourth-order valence-electron chi connectivity index (χ4n) is 10.0. The molecule has 0 bridgehead atoms. The van der Waals surface area contributed by atoms with Crippen molar-refractivity contribution in [3.05, 3.63) is 137 Å². The van der Waals surface area contributed by atoms with Crippen molar-refractivity contribution >= 4 is 22.7 Å². The summed E-state index contributed by atoms with van der Waals surface area (Å²) >= 11 is 0. The van der Waals surface area contributed by atoms with Gasteiger partial charge < -0.3 is 4.90 Å². The summed E-state index contributed by atoms with van der Waals surface area (Å²) in [6.45, 7) is 0. The molecule has 0 aromatic heterocycles. The summed E-state index contributed by atoms with van der Waals surface area (Å²) in [5.74, 6) is 0. The molecule has 7 heteroatoms. The van der Waals surface area contributed by atoms with Crippen LogP contribution in [-0.4, -0.2) is 24.4 Å². The SMILES string of the molecule is CN1/C(=C/C=C2\CCCC(/C=C/C3=[N+](C)c4ccccc4C34CCCCC4)=C2c2ccccc2)C2(CCCCC2)c2ccccc21.[O-][Cl+3]([O-])([O-])[O-]. The summed E-state index contributed by atoms with van der Waals surface area (Å²) in [7, 11) is -0.353. The Bertz CT molecular complexity index is 1900. The predicted octanol–water partition coefficient (Wildman–Crippen LogP) is 6.22. The molecule has 2 heterocycles. The predicted molar refractivity (Wildman–Crippen MR) is 194 cm³/mol. The van der Waals surface area contributed by atoms with Crippen LogP contribution in [0.4, 0.5) is 11.4 Å². The van der Waals surface area contributed by atoms with Crippen molar-refractivity contribution in [3.63, 3.8) is 0 Å². The molecule has 0 atom stereocenters. The monoisotopic (exact) mass is 704 g/mol. The van der Waals surface area contributed by atoms with E-state index in [1.54, 1.807) is 11.1 Å². The standard InChI is InChI=1S/C44H49N2.ClHO4/c1-45-38-23-10-8-21-36(38)43(29-12-4-13-30-43)40(45)27-25-34-19-16-20-35(42(34)33-17-6-3-7-18-33)26-28-41-44(31-14-5-15-32-44)37-22-9-11-24-39(37)46(41)2;2-1(3,4)5/h3,6-11,17-18,21-28H,4-5,12-16,19-20,29-32H2,1-2H3;(H,2,3,4,5)/q+1;/p-1. The van der Waals surface area contributed by atoms with Crippen molar-refractivity contribution in [2.45, 2.75) is 94.3 Å². The summed E-state index contributed by atoms with van der Waals surface area (Å²) in [6, 6.07) is 29.6.